The van der Waals surface area contributed by atoms with Crippen LogP contribution in [0.15, 0.2) is 15.8 Å². The fourth-order valence-corrected chi connectivity index (χ4v) is 5.76. The van der Waals surface area contributed by atoms with E-state index in [4.69, 9.17) is 15.1 Å². The molecular formula is C20H24N4O3S2. The maximum Gasteiger partial charge on any atom is 0.360 e. The van der Waals surface area contributed by atoms with Crippen molar-refractivity contribution >= 4 is 45.1 Å². The maximum atomic E-state index is 11.5. The summed E-state index contributed by atoms with van der Waals surface area (Å²) in [5, 5.41) is 1.60. The molecule has 0 amide bonds. The molecular weight excluding hydrogens is 408 g/mol. The molecule has 3 heterocycles. The molecule has 0 aromatic carbocycles. The summed E-state index contributed by atoms with van der Waals surface area (Å²) in [6.45, 7) is 6.94. The van der Waals surface area contributed by atoms with Crippen molar-refractivity contribution in [3.63, 3.8) is 0 Å². The van der Waals surface area contributed by atoms with Crippen LogP contribution in [-0.4, -0.2) is 28.0 Å². The van der Waals surface area contributed by atoms with E-state index in [0.717, 1.165) is 23.1 Å². The third-order valence-corrected chi connectivity index (χ3v) is 7.39. The van der Waals surface area contributed by atoms with E-state index in [1.807, 2.05) is 0 Å². The lowest BCUT2D eigenvalue weighted by Crippen LogP contribution is -2.26. The van der Waals surface area contributed by atoms with Gasteiger partial charge < -0.3 is 14.9 Å². The van der Waals surface area contributed by atoms with Gasteiger partial charge in [0.05, 0.1) is 18.2 Å². The Kier molecular flexibility index (Phi) is 5.29. The normalized spacial score (nSPS) is 16.8. The average molecular weight is 433 g/mol. The zero-order valence-corrected chi connectivity index (χ0v) is 18.6. The van der Waals surface area contributed by atoms with Crippen molar-refractivity contribution in [1.82, 2.24) is 15.0 Å². The van der Waals surface area contributed by atoms with E-state index < -0.39 is 5.97 Å². The zero-order chi connectivity index (χ0) is 20.8. The van der Waals surface area contributed by atoms with E-state index in [1.165, 1.54) is 42.0 Å². The van der Waals surface area contributed by atoms with Crippen molar-refractivity contribution in [2.45, 2.75) is 50.9 Å². The summed E-state index contributed by atoms with van der Waals surface area (Å²) in [5.74, 6) is 1.49. The Morgan fingerprint density at radius 3 is 2.90 bits per heavy atom. The Balaban J connectivity index is 1.55. The van der Waals surface area contributed by atoms with Gasteiger partial charge in [0.15, 0.2) is 10.9 Å². The molecule has 154 valence electrons. The number of hydrogen-bond donors (Lipinski definition) is 1. The van der Waals surface area contributed by atoms with Crippen molar-refractivity contribution in [3.8, 4) is 0 Å². The quantitative estimate of drug-likeness (QED) is 0.365. The van der Waals surface area contributed by atoms with E-state index in [9.17, 15) is 4.79 Å². The lowest BCUT2D eigenvalue weighted by Gasteiger charge is -2.33. The number of nitrogens with two attached hydrogens (primary N) is 1. The molecule has 0 bridgehead atoms. The molecule has 3 aromatic heterocycles. The van der Waals surface area contributed by atoms with Crippen LogP contribution < -0.4 is 5.73 Å². The molecule has 1 unspecified atom stereocenters. The Bertz CT molecular complexity index is 1070. The van der Waals surface area contributed by atoms with E-state index >= 15 is 0 Å². The average Bonchev–Trinajstić information content (AvgIpc) is 3.28. The highest BCUT2D eigenvalue weighted by molar-refractivity contribution is 7.98. The molecule has 4 rings (SSSR count). The van der Waals surface area contributed by atoms with Crippen molar-refractivity contribution in [1.29, 1.82) is 0 Å². The number of fused-ring (bicyclic) bond motifs is 3. The van der Waals surface area contributed by atoms with Crippen LogP contribution in [0.5, 0.6) is 0 Å². The molecule has 1 aliphatic rings. The highest BCUT2D eigenvalue weighted by Crippen LogP contribution is 2.44. The van der Waals surface area contributed by atoms with Gasteiger partial charge in [0.2, 0.25) is 5.89 Å². The minimum Gasteiger partial charge on any atom is -0.464 e. The first kappa shape index (κ1) is 20.2. The van der Waals surface area contributed by atoms with Gasteiger partial charge in [-0.2, -0.15) is 0 Å². The molecule has 0 radical (unpaired) electrons. The molecule has 0 aliphatic heterocycles. The summed E-state index contributed by atoms with van der Waals surface area (Å²) in [7, 11) is 1.31. The topological polar surface area (TPSA) is 104 Å². The molecule has 2 N–H and O–H groups in total. The molecule has 9 heteroatoms. The molecule has 29 heavy (non-hydrogen) atoms. The predicted molar refractivity (Wildman–Crippen MR) is 114 cm³/mol. The number of thiophene rings is 1. The number of esters is 1. The Morgan fingerprint density at radius 1 is 1.38 bits per heavy atom. The summed E-state index contributed by atoms with van der Waals surface area (Å²) in [6.07, 6.45) is 4.57. The van der Waals surface area contributed by atoms with Crippen LogP contribution in [0.2, 0.25) is 0 Å². The van der Waals surface area contributed by atoms with Crippen LogP contribution in [0.4, 0.5) is 5.82 Å². The number of methoxy groups -OCH3 is 1. The van der Waals surface area contributed by atoms with Gasteiger partial charge in [-0.05, 0) is 36.2 Å². The summed E-state index contributed by atoms with van der Waals surface area (Å²) in [6, 6.07) is 0. The molecule has 3 aromatic rings. The van der Waals surface area contributed by atoms with Crippen LogP contribution in [0.3, 0.4) is 0 Å². The maximum absolute atomic E-state index is 11.5. The molecule has 1 atom stereocenters. The number of aromatic nitrogens is 3. The number of carbonyl (C=O) groups excluding carboxylic acids is 1. The highest BCUT2D eigenvalue weighted by Gasteiger charge is 2.31. The fourth-order valence-electron chi connectivity index (χ4n) is 3.69. The number of rotatable bonds is 4. The van der Waals surface area contributed by atoms with Gasteiger partial charge in [0.1, 0.15) is 16.9 Å². The van der Waals surface area contributed by atoms with Crippen LogP contribution >= 0.6 is 23.1 Å². The van der Waals surface area contributed by atoms with Gasteiger partial charge in [0, 0.05) is 4.88 Å². The number of anilines is 1. The Hall–Kier alpha value is -2.13. The summed E-state index contributed by atoms with van der Waals surface area (Å²) in [4.78, 5) is 27.2. The van der Waals surface area contributed by atoms with Crippen LogP contribution in [0, 0.1) is 11.3 Å². The van der Waals surface area contributed by atoms with Crippen molar-refractivity contribution in [2.24, 2.45) is 11.3 Å². The van der Waals surface area contributed by atoms with Crippen LogP contribution in [0.25, 0.3) is 10.2 Å². The Labute approximate surface area is 177 Å². The largest absolute Gasteiger partial charge is 0.464 e. The first-order valence-corrected chi connectivity index (χ1v) is 11.3. The van der Waals surface area contributed by atoms with E-state index in [-0.39, 0.29) is 5.69 Å². The Morgan fingerprint density at radius 2 is 2.17 bits per heavy atom. The van der Waals surface area contributed by atoms with Gasteiger partial charge in [0.25, 0.3) is 0 Å². The van der Waals surface area contributed by atoms with Gasteiger partial charge in [-0.3, -0.25) is 0 Å². The molecule has 7 nitrogen and oxygen atoms in total. The second-order valence-electron chi connectivity index (χ2n) is 8.29. The number of aryl methyl sites for hydroxylation is 1. The zero-order valence-electron chi connectivity index (χ0n) is 16.9. The number of nitrogens with zero attached hydrogens (tertiary/aromatic N) is 3. The second-order valence-corrected chi connectivity index (χ2v) is 10.3. The van der Waals surface area contributed by atoms with Gasteiger partial charge >= 0.3 is 5.97 Å². The van der Waals surface area contributed by atoms with Crippen molar-refractivity contribution in [2.75, 3.05) is 12.8 Å². The minimum absolute atomic E-state index is 0.151. The third kappa shape index (κ3) is 3.98. The molecule has 0 saturated heterocycles. The van der Waals surface area contributed by atoms with E-state index in [2.05, 4.69) is 35.5 Å². The van der Waals surface area contributed by atoms with Crippen LogP contribution in [-0.2, 0) is 23.3 Å². The lowest BCUT2D eigenvalue weighted by molar-refractivity contribution is 0.0594. The van der Waals surface area contributed by atoms with Crippen molar-refractivity contribution < 1.29 is 13.9 Å². The molecule has 0 fully saturated rings. The number of hydrogen-bond acceptors (Lipinski definition) is 9. The summed E-state index contributed by atoms with van der Waals surface area (Å²) >= 11 is 3.12. The first-order chi connectivity index (χ1) is 13.8. The predicted octanol–water partition coefficient (Wildman–Crippen LogP) is 4.49. The number of ether oxygens (including phenoxy) is 1. The van der Waals surface area contributed by atoms with Crippen LogP contribution in [0.1, 0.15) is 54.0 Å². The number of nitrogen functional groups attached to an aromatic ring is 1. The molecule has 0 saturated carbocycles. The highest BCUT2D eigenvalue weighted by atomic mass is 32.2. The van der Waals surface area contributed by atoms with Gasteiger partial charge in [-0.1, -0.05) is 32.5 Å². The summed E-state index contributed by atoms with van der Waals surface area (Å²) < 4.78 is 9.96. The van der Waals surface area contributed by atoms with Crippen molar-refractivity contribution in [3.05, 3.63) is 28.3 Å². The molecule has 0 spiro atoms. The minimum atomic E-state index is -0.523. The third-order valence-electron chi connectivity index (χ3n) is 5.41. The number of oxazole rings is 1. The number of carbonyl (C=O) groups is 1. The number of thioether (sulfide) groups is 1. The van der Waals surface area contributed by atoms with Gasteiger partial charge in [-0.25, -0.2) is 19.7 Å². The second kappa shape index (κ2) is 7.60. The monoisotopic (exact) mass is 432 g/mol. The fraction of sp³-hybridized carbons (Fsp3) is 0.500. The van der Waals surface area contributed by atoms with E-state index in [1.54, 1.807) is 11.3 Å². The van der Waals surface area contributed by atoms with Gasteiger partial charge in [-0.15, -0.1) is 11.3 Å². The SMILES string of the molecule is COC(=O)c1coc(CSc2nc(N)c3c4c(sc3n2)CC(C(C)(C)C)CC4)n1. The first-order valence-electron chi connectivity index (χ1n) is 9.49. The standard InChI is InChI=1S/C20H24N4O3S2/c1-20(2,3)10-5-6-11-13(7-10)29-17-15(11)16(21)23-19(24-17)28-9-14-22-12(8-27-14)18(25)26-4/h8,10H,5-7,9H2,1-4H3,(H2,21,23,24). The smallest absolute Gasteiger partial charge is 0.360 e. The van der Waals surface area contributed by atoms with E-state index in [0.29, 0.717) is 34.0 Å². The lowest BCUT2D eigenvalue weighted by atomic mass is 9.72. The summed E-state index contributed by atoms with van der Waals surface area (Å²) in [5.41, 5.74) is 8.10. The molecule has 1 aliphatic carbocycles.